The predicted octanol–water partition coefficient (Wildman–Crippen LogP) is 4.87. The Balaban J connectivity index is 1.43. The van der Waals surface area contributed by atoms with E-state index in [2.05, 4.69) is 21.2 Å². The number of nitrogens with zero attached hydrogens (tertiary/aromatic N) is 1. The van der Waals surface area contributed by atoms with E-state index in [1.54, 1.807) is 12.1 Å². The van der Waals surface area contributed by atoms with Crippen LogP contribution in [-0.2, 0) is 27.8 Å². The van der Waals surface area contributed by atoms with Crippen molar-refractivity contribution in [3.63, 3.8) is 0 Å². The highest BCUT2D eigenvalue weighted by atomic mass is 79.9. The third-order valence-corrected chi connectivity index (χ3v) is 7.97. The third-order valence-electron chi connectivity index (χ3n) is 5.14. The summed E-state index contributed by atoms with van der Waals surface area (Å²) < 4.78 is 33.9. The molecular formula is C23H20BrClN2O4S. The summed E-state index contributed by atoms with van der Waals surface area (Å²) in [6, 6.07) is 19.3. The van der Waals surface area contributed by atoms with Crippen molar-refractivity contribution in [3.05, 3.63) is 87.4 Å². The van der Waals surface area contributed by atoms with E-state index >= 15 is 0 Å². The summed E-state index contributed by atoms with van der Waals surface area (Å²) >= 11 is 9.64. The Labute approximate surface area is 200 Å². The smallest absolute Gasteiger partial charge is 0.262 e. The monoisotopic (exact) mass is 534 g/mol. The predicted molar refractivity (Wildman–Crippen MR) is 127 cm³/mol. The number of halogens is 2. The molecule has 0 fully saturated rings. The number of sulfonamides is 1. The number of carbonyl (C=O) groups excluding carboxylic acids is 1. The van der Waals surface area contributed by atoms with Crippen LogP contribution in [0.15, 0.2) is 76.1 Å². The van der Waals surface area contributed by atoms with Crippen molar-refractivity contribution in [2.75, 3.05) is 18.5 Å². The number of fused-ring (bicyclic) bond motifs is 1. The van der Waals surface area contributed by atoms with Crippen molar-refractivity contribution < 1.29 is 17.9 Å². The molecule has 0 aromatic heterocycles. The van der Waals surface area contributed by atoms with Gasteiger partial charge in [0, 0.05) is 17.6 Å². The molecule has 0 bridgehead atoms. The molecular weight excluding hydrogens is 516 g/mol. The van der Waals surface area contributed by atoms with E-state index in [9.17, 15) is 13.2 Å². The van der Waals surface area contributed by atoms with Crippen molar-refractivity contribution in [1.82, 2.24) is 4.31 Å². The Hall–Kier alpha value is -2.39. The summed E-state index contributed by atoms with van der Waals surface area (Å²) in [5.74, 6) is -0.131. The van der Waals surface area contributed by atoms with E-state index < -0.39 is 10.0 Å². The largest absolute Gasteiger partial charge is 0.482 e. The molecule has 0 aliphatic carbocycles. The van der Waals surface area contributed by atoms with Crippen LogP contribution in [0.2, 0.25) is 5.02 Å². The molecule has 3 aromatic rings. The molecule has 0 atom stereocenters. The van der Waals surface area contributed by atoms with Crippen LogP contribution in [0.3, 0.4) is 0 Å². The fourth-order valence-electron chi connectivity index (χ4n) is 3.48. The van der Waals surface area contributed by atoms with Gasteiger partial charge in [0.1, 0.15) is 5.75 Å². The third kappa shape index (κ3) is 4.99. The molecule has 4 rings (SSSR count). The van der Waals surface area contributed by atoms with Gasteiger partial charge in [-0.2, -0.15) is 4.31 Å². The van der Waals surface area contributed by atoms with Gasteiger partial charge in [0.15, 0.2) is 6.61 Å². The summed E-state index contributed by atoms with van der Waals surface area (Å²) in [6.07, 6.45) is 0.664. The molecule has 1 aliphatic rings. The second-order valence-electron chi connectivity index (χ2n) is 7.27. The molecule has 3 aromatic carbocycles. The second-order valence-corrected chi connectivity index (χ2v) is 10.5. The maximum atomic E-state index is 13.1. The summed E-state index contributed by atoms with van der Waals surface area (Å²) in [4.78, 5) is 12.3. The zero-order chi connectivity index (χ0) is 22.7. The van der Waals surface area contributed by atoms with Gasteiger partial charge in [-0.3, -0.25) is 4.79 Å². The van der Waals surface area contributed by atoms with Gasteiger partial charge in [0.05, 0.1) is 15.6 Å². The molecule has 0 radical (unpaired) electrons. The number of carbonyl (C=O) groups is 1. The van der Waals surface area contributed by atoms with Crippen LogP contribution in [-0.4, -0.2) is 31.8 Å². The molecule has 0 saturated heterocycles. The molecule has 1 heterocycles. The van der Waals surface area contributed by atoms with Crippen molar-refractivity contribution >= 4 is 49.1 Å². The van der Waals surface area contributed by atoms with E-state index in [4.69, 9.17) is 16.3 Å². The maximum Gasteiger partial charge on any atom is 0.262 e. The van der Waals surface area contributed by atoms with Gasteiger partial charge < -0.3 is 10.1 Å². The number of rotatable bonds is 6. The van der Waals surface area contributed by atoms with Gasteiger partial charge >= 0.3 is 0 Å². The Kier molecular flexibility index (Phi) is 6.85. The summed E-state index contributed by atoms with van der Waals surface area (Å²) in [5.41, 5.74) is 2.79. The van der Waals surface area contributed by atoms with Crippen LogP contribution >= 0.6 is 27.5 Å². The lowest BCUT2D eigenvalue weighted by atomic mass is 10.0. The topological polar surface area (TPSA) is 75.7 Å². The first kappa shape index (κ1) is 22.8. The molecule has 32 heavy (non-hydrogen) atoms. The minimum Gasteiger partial charge on any atom is -0.482 e. The van der Waals surface area contributed by atoms with Crippen LogP contribution in [0.1, 0.15) is 11.1 Å². The van der Waals surface area contributed by atoms with Gasteiger partial charge in [-0.1, -0.05) is 48.0 Å². The lowest BCUT2D eigenvalue weighted by Crippen LogP contribution is -2.35. The van der Waals surface area contributed by atoms with E-state index in [0.29, 0.717) is 25.2 Å². The Morgan fingerprint density at radius 2 is 1.78 bits per heavy atom. The number of ether oxygens (including phenoxy) is 1. The van der Waals surface area contributed by atoms with E-state index in [1.807, 2.05) is 36.4 Å². The van der Waals surface area contributed by atoms with Crippen LogP contribution in [0.25, 0.3) is 0 Å². The van der Waals surface area contributed by atoms with Gasteiger partial charge in [-0.05, 0) is 63.8 Å². The van der Waals surface area contributed by atoms with E-state index in [-0.39, 0.29) is 28.2 Å². The molecule has 0 unspecified atom stereocenters. The number of amides is 1. The van der Waals surface area contributed by atoms with Crippen LogP contribution in [0.5, 0.6) is 5.75 Å². The van der Waals surface area contributed by atoms with Gasteiger partial charge in [-0.25, -0.2) is 8.42 Å². The molecule has 1 amide bonds. The van der Waals surface area contributed by atoms with Gasteiger partial charge in [-0.15, -0.1) is 0 Å². The van der Waals surface area contributed by atoms with Crippen molar-refractivity contribution in [3.8, 4) is 5.75 Å². The highest BCUT2D eigenvalue weighted by molar-refractivity contribution is 9.10. The van der Waals surface area contributed by atoms with E-state index in [1.165, 1.54) is 28.1 Å². The van der Waals surface area contributed by atoms with Crippen molar-refractivity contribution in [2.45, 2.75) is 17.9 Å². The second kappa shape index (κ2) is 9.62. The number of nitrogens with one attached hydrogen (secondary N) is 1. The molecule has 1 N–H and O–H groups in total. The highest BCUT2D eigenvalue weighted by Crippen LogP contribution is 2.31. The standard InChI is InChI=1S/C23H20BrClN2O4S/c24-19-7-3-4-8-21(19)26-23(28)15-31-22-10-9-18(13-20(22)25)32(29,30)27-12-11-16-5-1-2-6-17(16)14-27/h1-10,13H,11-12,14-15H2,(H,26,28). The minimum atomic E-state index is -3.71. The maximum absolute atomic E-state index is 13.1. The molecule has 1 aliphatic heterocycles. The number of benzene rings is 3. The number of para-hydroxylation sites is 1. The first-order valence-electron chi connectivity index (χ1n) is 9.88. The van der Waals surface area contributed by atoms with Gasteiger partial charge in [0.2, 0.25) is 10.0 Å². The lowest BCUT2D eigenvalue weighted by Gasteiger charge is -2.28. The quantitative estimate of drug-likeness (QED) is 0.489. The molecule has 0 saturated carbocycles. The van der Waals surface area contributed by atoms with Crippen LogP contribution in [0.4, 0.5) is 5.69 Å². The number of hydrogen-bond donors (Lipinski definition) is 1. The number of hydrogen-bond acceptors (Lipinski definition) is 4. The first-order valence-corrected chi connectivity index (χ1v) is 12.5. The van der Waals surface area contributed by atoms with Gasteiger partial charge in [0.25, 0.3) is 5.91 Å². The highest BCUT2D eigenvalue weighted by Gasteiger charge is 2.28. The summed E-state index contributed by atoms with van der Waals surface area (Å²) in [5, 5.41) is 2.85. The zero-order valence-electron chi connectivity index (χ0n) is 16.9. The van der Waals surface area contributed by atoms with Crippen molar-refractivity contribution in [2.24, 2.45) is 0 Å². The average molecular weight is 536 g/mol. The molecule has 166 valence electrons. The fraction of sp³-hybridized carbons (Fsp3) is 0.174. The Bertz CT molecular complexity index is 1270. The summed E-state index contributed by atoms with van der Waals surface area (Å²) in [6.45, 7) is 0.462. The first-order chi connectivity index (χ1) is 15.3. The van der Waals surface area contributed by atoms with Crippen LogP contribution in [0, 0.1) is 0 Å². The number of anilines is 1. The SMILES string of the molecule is O=C(COc1ccc(S(=O)(=O)N2CCc3ccccc3C2)cc1Cl)Nc1ccccc1Br. The van der Waals surface area contributed by atoms with Crippen LogP contribution < -0.4 is 10.1 Å². The molecule has 0 spiro atoms. The Morgan fingerprint density at radius 1 is 1.06 bits per heavy atom. The van der Waals surface area contributed by atoms with Crippen molar-refractivity contribution in [1.29, 1.82) is 0 Å². The Morgan fingerprint density at radius 3 is 2.53 bits per heavy atom. The summed E-state index contributed by atoms with van der Waals surface area (Å²) in [7, 11) is -3.71. The van der Waals surface area contributed by atoms with E-state index in [0.717, 1.165) is 10.0 Å². The lowest BCUT2D eigenvalue weighted by molar-refractivity contribution is -0.118. The normalized spacial score (nSPS) is 13.9. The average Bonchev–Trinajstić information content (AvgIpc) is 2.79. The minimum absolute atomic E-state index is 0.0897. The molecule has 9 heteroatoms. The fourth-order valence-corrected chi connectivity index (χ4v) is 5.60. The molecule has 6 nitrogen and oxygen atoms in total. The zero-order valence-corrected chi connectivity index (χ0v) is 20.1.